The molecule has 4 heterocycles. The lowest BCUT2D eigenvalue weighted by atomic mass is 9.93. The number of rotatable bonds is 3. The van der Waals surface area contributed by atoms with Crippen molar-refractivity contribution in [2.75, 3.05) is 26.2 Å². The summed E-state index contributed by atoms with van der Waals surface area (Å²) >= 11 is 0. The maximum atomic E-state index is 12.6. The van der Waals surface area contributed by atoms with Gasteiger partial charge in [-0.3, -0.25) is 9.78 Å². The fourth-order valence-electron chi connectivity index (χ4n) is 3.67. The smallest absolute Gasteiger partial charge is 0.230 e. The lowest BCUT2D eigenvalue weighted by molar-refractivity contribution is -0.137. The molecule has 1 N–H and O–H groups in total. The van der Waals surface area contributed by atoms with Crippen molar-refractivity contribution in [3.8, 4) is 11.5 Å². The van der Waals surface area contributed by atoms with Crippen molar-refractivity contribution in [1.82, 2.24) is 25.3 Å². The Labute approximate surface area is 171 Å². The summed E-state index contributed by atoms with van der Waals surface area (Å²) in [7, 11) is 0. The van der Waals surface area contributed by atoms with Gasteiger partial charge in [-0.15, -0.1) is 24.8 Å². The van der Waals surface area contributed by atoms with Crippen molar-refractivity contribution < 1.29 is 9.32 Å². The summed E-state index contributed by atoms with van der Waals surface area (Å²) in [5, 5.41) is 7.37. The number of amides is 1. The second-order valence-electron chi connectivity index (χ2n) is 6.81. The van der Waals surface area contributed by atoms with Crippen molar-refractivity contribution >= 4 is 30.7 Å². The highest BCUT2D eigenvalue weighted by Crippen LogP contribution is 2.29. The predicted octanol–water partition coefficient (Wildman–Crippen LogP) is 2.68. The molecule has 7 nitrogen and oxygen atoms in total. The van der Waals surface area contributed by atoms with Crippen molar-refractivity contribution in [2.45, 2.75) is 31.6 Å². The highest BCUT2D eigenvalue weighted by molar-refractivity contribution is 5.85. The minimum absolute atomic E-state index is 0. The van der Waals surface area contributed by atoms with Crippen LogP contribution in [0.25, 0.3) is 11.5 Å². The van der Waals surface area contributed by atoms with Gasteiger partial charge in [0, 0.05) is 31.7 Å². The Hall–Kier alpha value is -1.70. The lowest BCUT2D eigenvalue weighted by Gasteiger charge is -2.34. The monoisotopic (exact) mass is 413 g/mol. The average Bonchev–Trinajstić information content (AvgIpc) is 3.19. The molecule has 1 atom stereocenters. The Morgan fingerprint density at radius 1 is 1.19 bits per heavy atom. The first kappa shape index (κ1) is 21.6. The van der Waals surface area contributed by atoms with Crippen LogP contribution in [0, 0.1) is 5.92 Å². The largest absolute Gasteiger partial charge is 0.342 e. The standard InChI is InChI=1S/C18H23N5O2.2ClH/c24-18(14-4-3-8-19-12-14)23-10-6-13(7-11-23)17-21-16(22-25-17)15-5-1-2-9-20-15;;/h1-2,5,9,13-14,19H,3-4,6-8,10-12H2;2*1H. The van der Waals surface area contributed by atoms with Gasteiger partial charge in [0.05, 0.1) is 5.92 Å². The maximum Gasteiger partial charge on any atom is 0.230 e. The predicted molar refractivity (Wildman–Crippen MR) is 106 cm³/mol. The van der Waals surface area contributed by atoms with Crippen LogP contribution < -0.4 is 5.32 Å². The molecule has 2 aromatic rings. The van der Waals surface area contributed by atoms with Gasteiger partial charge in [-0.1, -0.05) is 11.2 Å². The third-order valence-corrected chi connectivity index (χ3v) is 5.14. The van der Waals surface area contributed by atoms with Gasteiger partial charge in [-0.25, -0.2) is 0 Å². The van der Waals surface area contributed by atoms with Crippen LogP contribution in [-0.2, 0) is 4.79 Å². The third-order valence-electron chi connectivity index (χ3n) is 5.14. The molecule has 2 aliphatic rings. The van der Waals surface area contributed by atoms with Gasteiger partial charge >= 0.3 is 0 Å². The van der Waals surface area contributed by atoms with Gasteiger partial charge < -0.3 is 14.7 Å². The molecular formula is C18H25Cl2N5O2. The maximum absolute atomic E-state index is 12.6. The van der Waals surface area contributed by atoms with Crippen LogP contribution in [0.15, 0.2) is 28.9 Å². The fraction of sp³-hybridized carbons (Fsp3) is 0.556. The zero-order valence-electron chi connectivity index (χ0n) is 15.0. The average molecular weight is 414 g/mol. The molecule has 0 saturated carbocycles. The zero-order chi connectivity index (χ0) is 17.1. The Bertz CT molecular complexity index is 714. The minimum Gasteiger partial charge on any atom is -0.342 e. The topological polar surface area (TPSA) is 84.2 Å². The molecule has 2 fully saturated rings. The number of piperidine rings is 2. The van der Waals surface area contributed by atoms with E-state index in [9.17, 15) is 4.79 Å². The number of likely N-dealkylation sites (tertiary alicyclic amines) is 1. The second kappa shape index (κ2) is 10.0. The van der Waals surface area contributed by atoms with E-state index < -0.39 is 0 Å². The van der Waals surface area contributed by atoms with Crippen LogP contribution in [0.3, 0.4) is 0 Å². The highest BCUT2D eigenvalue weighted by Gasteiger charge is 2.31. The van der Waals surface area contributed by atoms with Crippen molar-refractivity contribution in [3.63, 3.8) is 0 Å². The van der Waals surface area contributed by atoms with E-state index in [4.69, 9.17) is 4.52 Å². The van der Waals surface area contributed by atoms with Crippen LogP contribution in [0.4, 0.5) is 0 Å². The van der Waals surface area contributed by atoms with E-state index >= 15 is 0 Å². The van der Waals surface area contributed by atoms with E-state index in [2.05, 4.69) is 20.4 Å². The first-order valence-electron chi connectivity index (χ1n) is 9.06. The number of nitrogens with one attached hydrogen (secondary N) is 1. The van der Waals surface area contributed by atoms with E-state index in [1.807, 2.05) is 23.1 Å². The Morgan fingerprint density at radius 3 is 2.67 bits per heavy atom. The molecule has 1 amide bonds. The SMILES string of the molecule is Cl.Cl.O=C(C1CCCNC1)N1CCC(c2nc(-c3ccccn3)no2)CC1. The number of pyridine rings is 1. The molecule has 0 radical (unpaired) electrons. The number of nitrogens with zero attached hydrogens (tertiary/aromatic N) is 4. The molecule has 0 aromatic carbocycles. The molecule has 2 aliphatic heterocycles. The summed E-state index contributed by atoms with van der Waals surface area (Å²) in [4.78, 5) is 23.4. The number of hydrogen-bond acceptors (Lipinski definition) is 6. The summed E-state index contributed by atoms with van der Waals surface area (Å²) in [6.45, 7) is 3.38. The molecule has 148 valence electrons. The van der Waals surface area contributed by atoms with Crippen LogP contribution in [0.5, 0.6) is 0 Å². The molecule has 9 heteroatoms. The molecule has 2 saturated heterocycles. The van der Waals surface area contributed by atoms with Crippen LogP contribution in [-0.4, -0.2) is 52.1 Å². The first-order valence-corrected chi connectivity index (χ1v) is 9.06. The van der Waals surface area contributed by atoms with Crippen molar-refractivity contribution in [3.05, 3.63) is 30.3 Å². The van der Waals surface area contributed by atoms with E-state index in [1.54, 1.807) is 6.20 Å². The summed E-state index contributed by atoms with van der Waals surface area (Å²) in [6.07, 6.45) is 5.55. The van der Waals surface area contributed by atoms with Crippen molar-refractivity contribution in [2.24, 2.45) is 5.92 Å². The normalized spacial score (nSPS) is 20.4. The van der Waals surface area contributed by atoms with E-state index in [-0.39, 0.29) is 36.6 Å². The number of hydrogen-bond donors (Lipinski definition) is 1. The highest BCUT2D eigenvalue weighted by atomic mass is 35.5. The summed E-state index contributed by atoms with van der Waals surface area (Å²) in [5.74, 6) is 1.85. The lowest BCUT2D eigenvalue weighted by Crippen LogP contribution is -2.45. The first-order chi connectivity index (χ1) is 12.3. The fourth-order valence-corrected chi connectivity index (χ4v) is 3.67. The number of halogens is 2. The minimum atomic E-state index is 0. The summed E-state index contributed by atoms with van der Waals surface area (Å²) in [5.41, 5.74) is 0.718. The molecule has 0 bridgehead atoms. The van der Waals surface area contributed by atoms with Crippen LogP contribution >= 0.6 is 24.8 Å². The summed E-state index contributed by atoms with van der Waals surface area (Å²) < 4.78 is 5.46. The number of carbonyl (C=O) groups is 1. The van der Waals surface area contributed by atoms with Gasteiger partial charge in [-0.05, 0) is 44.4 Å². The quantitative estimate of drug-likeness (QED) is 0.832. The Morgan fingerprint density at radius 2 is 2.00 bits per heavy atom. The molecule has 2 aromatic heterocycles. The van der Waals surface area contributed by atoms with Gasteiger partial charge in [0.25, 0.3) is 0 Å². The zero-order valence-corrected chi connectivity index (χ0v) is 16.7. The van der Waals surface area contributed by atoms with Gasteiger partial charge in [0.1, 0.15) is 5.69 Å². The second-order valence-corrected chi connectivity index (χ2v) is 6.81. The Kier molecular flexibility index (Phi) is 8.01. The molecule has 27 heavy (non-hydrogen) atoms. The third kappa shape index (κ3) is 4.97. The molecule has 0 spiro atoms. The van der Waals surface area contributed by atoms with E-state index in [0.29, 0.717) is 17.6 Å². The van der Waals surface area contributed by atoms with Crippen molar-refractivity contribution in [1.29, 1.82) is 0 Å². The van der Waals surface area contributed by atoms with Gasteiger partial charge in [0.15, 0.2) is 0 Å². The molecule has 1 unspecified atom stereocenters. The van der Waals surface area contributed by atoms with E-state index in [1.165, 1.54) is 0 Å². The number of aromatic nitrogens is 3. The number of carbonyl (C=O) groups excluding carboxylic acids is 1. The van der Waals surface area contributed by atoms with Gasteiger partial charge in [0.2, 0.25) is 17.6 Å². The van der Waals surface area contributed by atoms with Crippen LogP contribution in [0.1, 0.15) is 37.5 Å². The van der Waals surface area contributed by atoms with Crippen LogP contribution in [0.2, 0.25) is 0 Å². The molecular weight excluding hydrogens is 389 g/mol. The molecule has 4 rings (SSSR count). The molecule has 0 aliphatic carbocycles. The van der Waals surface area contributed by atoms with Gasteiger partial charge in [-0.2, -0.15) is 4.98 Å². The summed E-state index contributed by atoms with van der Waals surface area (Å²) in [6, 6.07) is 5.63. The Balaban J connectivity index is 0.00000131. The van der Waals surface area contributed by atoms with E-state index in [0.717, 1.165) is 57.6 Å².